The zero-order valence-corrected chi connectivity index (χ0v) is 15.4. The number of nitrogens with zero attached hydrogens (tertiary/aromatic N) is 1. The number of hydrogen-bond acceptors (Lipinski definition) is 4. The van der Waals surface area contributed by atoms with Gasteiger partial charge in [0.25, 0.3) is 0 Å². The molecule has 0 aromatic heterocycles. The lowest BCUT2D eigenvalue weighted by Crippen LogP contribution is -2.46. The number of rotatable bonds is 6. The maximum absolute atomic E-state index is 12.3. The Bertz CT molecular complexity index is 647. The van der Waals surface area contributed by atoms with Gasteiger partial charge in [-0.15, -0.1) is 0 Å². The van der Waals surface area contributed by atoms with Crippen LogP contribution < -0.4 is 10.6 Å². The largest absolute Gasteiger partial charge is 0.450 e. The van der Waals surface area contributed by atoms with Crippen molar-refractivity contribution >= 4 is 23.6 Å². The molecular formula is C19H27N3O4. The molecule has 1 aliphatic heterocycles. The van der Waals surface area contributed by atoms with Crippen molar-refractivity contribution in [2.24, 2.45) is 5.92 Å². The minimum absolute atomic E-state index is 0.0905. The number of amides is 3. The van der Waals surface area contributed by atoms with E-state index in [0.29, 0.717) is 26.1 Å². The van der Waals surface area contributed by atoms with Crippen molar-refractivity contribution in [3.63, 3.8) is 0 Å². The zero-order chi connectivity index (χ0) is 18.9. The average molecular weight is 361 g/mol. The molecule has 26 heavy (non-hydrogen) atoms. The number of likely N-dealkylation sites (tertiary alicyclic amines) is 1. The first kappa shape index (κ1) is 19.8. The minimum Gasteiger partial charge on any atom is -0.450 e. The Morgan fingerprint density at radius 2 is 2.00 bits per heavy atom. The molecule has 3 amide bonds. The van der Waals surface area contributed by atoms with E-state index >= 15 is 0 Å². The lowest BCUT2D eigenvalue weighted by atomic mass is 9.97. The smallest absolute Gasteiger partial charge is 0.409 e. The van der Waals surface area contributed by atoms with E-state index in [1.54, 1.807) is 11.8 Å². The van der Waals surface area contributed by atoms with Crippen molar-refractivity contribution < 1.29 is 19.1 Å². The molecule has 1 aromatic rings. The second-order valence-corrected chi connectivity index (χ2v) is 6.26. The highest BCUT2D eigenvalue weighted by atomic mass is 16.6. The minimum atomic E-state index is -0.390. The van der Waals surface area contributed by atoms with E-state index in [0.717, 1.165) is 24.1 Å². The van der Waals surface area contributed by atoms with E-state index < -0.39 is 0 Å². The summed E-state index contributed by atoms with van der Waals surface area (Å²) in [4.78, 5) is 37.8. The Balaban J connectivity index is 1.82. The lowest BCUT2D eigenvalue weighted by Gasteiger charge is -2.31. The van der Waals surface area contributed by atoms with Crippen LogP contribution in [0.2, 0.25) is 0 Å². The predicted molar refractivity (Wildman–Crippen MR) is 98.8 cm³/mol. The van der Waals surface area contributed by atoms with Gasteiger partial charge in [-0.25, -0.2) is 4.79 Å². The molecule has 1 heterocycles. The number of anilines is 1. The van der Waals surface area contributed by atoms with Crippen molar-refractivity contribution in [1.29, 1.82) is 0 Å². The SMILES string of the molecule is CCOC(=O)N1CCC[C@H](C(=O)NCC(=O)Nc2ccccc2CC)C1. The molecule has 0 saturated carbocycles. The van der Waals surface area contributed by atoms with Gasteiger partial charge in [0, 0.05) is 18.8 Å². The third kappa shape index (κ3) is 5.47. The number of carbonyl (C=O) groups excluding carboxylic acids is 3. The first-order chi connectivity index (χ1) is 12.5. The lowest BCUT2D eigenvalue weighted by molar-refractivity contribution is -0.128. The van der Waals surface area contributed by atoms with Crippen LogP contribution in [0.3, 0.4) is 0 Å². The summed E-state index contributed by atoms with van der Waals surface area (Å²) in [6, 6.07) is 7.59. The Morgan fingerprint density at radius 1 is 1.23 bits per heavy atom. The van der Waals surface area contributed by atoms with Crippen molar-refractivity contribution in [2.75, 3.05) is 31.6 Å². The van der Waals surface area contributed by atoms with Gasteiger partial charge < -0.3 is 20.3 Å². The van der Waals surface area contributed by atoms with Crippen LogP contribution in [0.5, 0.6) is 0 Å². The van der Waals surface area contributed by atoms with Gasteiger partial charge in [-0.05, 0) is 37.8 Å². The van der Waals surface area contributed by atoms with Gasteiger partial charge in [-0.3, -0.25) is 9.59 Å². The van der Waals surface area contributed by atoms with Gasteiger partial charge in [0.1, 0.15) is 0 Å². The molecule has 142 valence electrons. The molecule has 1 fully saturated rings. The number of benzene rings is 1. The maximum Gasteiger partial charge on any atom is 0.409 e. The molecule has 2 rings (SSSR count). The van der Waals surface area contributed by atoms with Crippen molar-refractivity contribution in [2.45, 2.75) is 33.1 Å². The fourth-order valence-electron chi connectivity index (χ4n) is 3.03. The van der Waals surface area contributed by atoms with Crippen LogP contribution in [0, 0.1) is 5.92 Å². The van der Waals surface area contributed by atoms with Gasteiger partial charge in [-0.1, -0.05) is 25.1 Å². The average Bonchev–Trinajstić information content (AvgIpc) is 2.67. The number of carbonyl (C=O) groups is 3. The Hall–Kier alpha value is -2.57. The molecule has 7 nitrogen and oxygen atoms in total. The highest BCUT2D eigenvalue weighted by molar-refractivity contribution is 5.95. The van der Waals surface area contributed by atoms with Gasteiger partial charge >= 0.3 is 6.09 Å². The fourth-order valence-corrected chi connectivity index (χ4v) is 3.03. The molecule has 1 atom stereocenters. The van der Waals surface area contributed by atoms with Crippen LogP contribution in [0.1, 0.15) is 32.3 Å². The summed E-state index contributed by atoms with van der Waals surface area (Å²) in [5.41, 5.74) is 1.81. The quantitative estimate of drug-likeness (QED) is 0.813. The third-order valence-corrected chi connectivity index (χ3v) is 4.41. The Labute approximate surface area is 154 Å². The van der Waals surface area contributed by atoms with Gasteiger partial charge in [0.05, 0.1) is 19.1 Å². The van der Waals surface area contributed by atoms with E-state index in [9.17, 15) is 14.4 Å². The predicted octanol–water partition coefficient (Wildman–Crippen LogP) is 2.17. The molecule has 1 aliphatic rings. The molecule has 0 spiro atoms. The van der Waals surface area contributed by atoms with Crippen molar-refractivity contribution in [3.8, 4) is 0 Å². The summed E-state index contributed by atoms with van der Waals surface area (Å²) < 4.78 is 4.99. The van der Waals surface area contributed by atoms with Gasteiger partial charge in [-0.2, -0.15) is 0 Å². The standard InChI is InChI=1S/C19H27N3O4/c1-3-14-8-5-6-10-16(14)21-17(23)12-20-18(24)15-9-7-11-22(13-15)19(25)26-4-2/h5-6,8,10,15H,3-4,7,9,11-13H2,1-2H3,(H,20,24)(H,21,23)/t15-/m0/s1. The van der Waals surface area contributed by atoms with Crippen LogP contribution in [0.25, 0.3) is 0 Å². The van der Waals surface area contributed by atoms with Crippen LogP contribution in [0.15, 0.2) is 24.3 Å². The second kappa shape index (κ2) is 9.79. The molecule has 0 radical (unpaired) electrons. The van der Waals surface area contributed by atoms with E-state index in [-0.39, 0.29) is 30.4 Å². The second-order valence-electron chi connectivity index (χ2n) is 6.26. The number of nitrogens with one attached hydrogen (secondary N) is 2. The molecule has 0 unspecified atom stereocenters. The van der Waals surface area contributed by atoms with Gasteiger partial charge in [0.15, 0.2) is 0 Å². The number of piperidine rings is 1. The first-order valence-electron chi connectivity index (χ1n) is 9.12. The summed E-state index contributed by atoms with van der Waals surface area (Å²) >= 11 is 0. The highest BCUT2D eigenvalue weighted by Crippen LogP contribution is 2.18. The monoisotopic (exact) mass is 361 g/mol. The number of hydrogen-bond donors (Lipinski definition) is 2. The topological polar surface area (TPSA) is 87.7 Å². The van der Waals surface area contributed by atoms with E-state index in [4.69, 9.17) is 4.74 Å². The Morgan fingerprint density at radius 3 is 2.73 bits per heavy atom. The van der Waals surface area contributed by atoms with Crippen LogP contribution in [0.4, 0.5) is 10.5 Å². The van der Waals surface area contributed by atoms with Crippen LogP contribution >= 0.6 is 0 Å². The maximum atomic E-state index is 12.3. The van der Waals surface area contributed by atoms with Gasteiger partial charge in [0.2, 0.25) is 11.8 Å². The van der Waals surface area contributed by atoms with Crippen LogP contribution in [-0.4, -0.2) is 49.0 Å². The van der Waals surface area contributed by atoms with E-state index in [2.05, 4.69) is 10.6 Å². The zero-order valence-electron chi connectivity index (χ0n) is 15.4. The molecule has 1 saturated heterocycles. The Kier molecular flexibility index (Phi) is 7.44. The van der Waals surface area contributed by atoms with E-state index in [1.165, 1.54) is 0 Å². The summed E-state index contributed by atoms with van der Waals surface area (Å²) in [6.45, 7) is 4.91. The summed E-state index contributed by atoms with van der Waals surface area (Å²) in [5.74, 6) is -0.792. The molecular weight excluding hydrogens is 334 g/mol. The van der Waals surface area contributed by atoms with E-state index in [1.807, 2.05) is 31.2 Å². The number of para-hydroxylation sites is 1. The normalized spacial score (nSPS) is 16.7. The van der Waals surface area contributed by atoms with Crippen molar-refractivity contribution in [3.05, 3.63) is 29.8 Å². The fraction of sp³-hybridized carbons (Fsp3) is 0.526. The van der Waals surface area contributed by atoms with Crippen LogP contribution in [-0.2, 0) is 20.7 Å². The van der Waals surface area contributed by atoms with Crippen molar-refractivity contribution in [1.82, 2.24) is 10.2 Å². The summed E-state index contributed by atoms with van der Waals surface area (Å²) in [7, 11) is 0. The third-order valence-electron chi connectivity index (χ3n) is 4.41. The molecule has 0 aliphatic carbocycles. The number of aryl methyl sites for hydroxylation is 1. The molecule has 0 bridgehead atoms. The molecule has 1 aromatic carbocycles. The first-order valence-corrected chi connectivity index (χ1v) is 9.12. The summed E-state index contributed by atoms with van der Waals surface area (Å²) in [6.07, 6.45) is 1.86. The number of ether oxygens (including phenoxy) is 1. The molecule has 2 N–H and O–H groups in total. The summed E-state index contributed by atoms with van der Waals surface area (Å²) in [5, 5.41) is 5.50. The highest BCUT2D eigenvalue weighted by Gasteiger charge is 2.29. The molecule has 7 heteroatoms.